The number of alkyl halides is 1. The number of halogens is 3. The number of ether oxygens (including phenoxy) is 1. The van der Waals surface area contributed by atoms with Crippen molar-refractivity contribution in [3.63, 3.8) is 0 Å². The molecule has 2 aliphatic rings. The summed E-state index contributed by atoms with van der Waals surface area (Å²) in [6.07, 6.45) is 11.4. The van der Waals surface area contributed by atoms with Crippen LogP contribution in [0.15, 0.2) is 12.1 Å². The molecular formula is C23H35F3OSi. The average Bonchev–Trinajstić information content (AvgIpc) is 2.71. The molecule has 1 aliphatic heterocycles. The van der Waals surface area contributed by atoms with E-state index in [1.165, 1.54) is 69.2 Å². The predicted molar refractivity (Wildman–Crippen MR) is 111 cm³/mol. The van der Waals surface area contributed by atoms with Gasteiger partial charge in [0.25, 0.3) is 0 Å². The molecule has 0 bridgehead atoms. The molecule has 3 rings (SSSR count). The van der Waals surface area contributed by atoms with Gasteiger partial charge < -0.3 is 4.74 Å². The number of hydrogen-bond acceptors (Lipinski definition) is 1. The van der Waals surface area contributed by atoms with Crippen LogP contribution >= 0.6 is 0 Å². The largest absolute Gasteiger partial charge is 0.457 e. The standard InChI is InChI=1S/C23H35F3OSi/c1-2-3-4-11-28-12-9-19(10-13-28)17-5-7-18(8-6-17)20-14-21(25)23(27-16-24)22(26)15-20/h14-15,17-19,28H,2-13,16H2,1H3/t17-,18-,19-,28-. The highest BCUT2D eigenvalue weighted by Gasteiger charge is 2.32. The Morgan fingerprint density at radius 3 is 2.11 bits per heavy atom. The Kier molecular flexibility index (Phi) is 8.31. The van der Waals surface area contributed by atoms with Crippen LogP contribution in [0.5, 0.6) is 5.75 Å². The molecule has 1 aromatic carbocycles. The summed E-state index contributed by atoms with van der Waals surface area (Å²) in [7, 11) is -0.456. The van der Waals surface area contributed by atoms with Crippen LogP contribution in [0, 0.1) is 23.5 Å². The van der Waals surface area contributed by atoms with Crippen LogP contribution in [0.1, 0.15) is 76.2 Å². The van der Waals surface area contributed by atoms with Crippen molar-refractivity contribution in [3.05, 3.63) is 29.3 Å². The maximum Gasteiger partial charge on any atom is 0.228 e. The molecule has 2 fully saturated rings. The van der Waals surface area contributed by atoms with Crippen LogP contribution < -0.4 is 4.74 Å². The molecule has 1 aromatic rings. The fraction of sp³-hybridized carbons (Fsp3) is 0.739. The second kappa shape index (κ2) is 10.7. The average molecular weight is 413 g/mol. The minimum atomic E-state index is -1.22. The van der Waals surface area contributed by atoms with Gasteiger partial charge in [-0.05, 0) is 61.1 Å². The maximum atomic E-state index is 14.0. The fourth-order valence-electron chi connectivity index (χ4n) is 5.56. The number of unbranched alkanes of at least 4 members (excludes halogenated alkanes) is 2. The first-order valence-corrected chi connectivity index (χ1v) is 13.7. The van der Waals surface area contributed by atoms with E-state index in [-0.39, 0.29) is 5.92 Å². The summed E-state index contributed by atoms with van der Waals surface area (Å²) < 4.78 is 44.8. The van der Waals surface area contributed by atoms with Crippen LogP contribution in [0.3, 0.4) is 0 Å². The highest BCUT2D eigenvalue weighted by atomic mass is 28.3. The van der Waals surface area contributed by atoms with Gasteiger partial charge in [-0.1, -0.05) is 57.2 Å². The van der Waals surface area contributed by atoms with Crippen molar-refractivity contribution >= 4 is 8.80 Å². The summed E-state index contributed by atoms with van der Waals surface area (Å²) >= 11 is 0. The molecule has 28 heavy (non-hydrogen) atoms. The van der Waals surface area contributed by atoms with E-state index in [0.29, 0.717) is 5.56 Å². The lowest BCUT2D eigenvalue weighted by Gasteiger charge is -2.37. The maximum absolute atomic E-state index is 14.0. The molecule has 158 valence electrons. The van der Waals surface area contributed by atoms with Crippen LogP contribution in [0.4, 0.5) is 13.2 Å². The van der Waals surface area contributed by atoms with Crippen molar-refractivity contribution in [3.8, 4) is 5.75 Å². The molecule has 1 heterocycles. The third kappa shape index (κ3) is 5.55. The topological polar surface area (TPSA) is 9.23 Å². The van der Waals surface area contributed by atoms with Crippen molar-refractivity contribution in [1.82, 2.24) is 0 Å². The smallest absolute Gasteiger partial charge is 0.228 e. The first kappa shape index (κ1) is 21.7. The molecule has 0 radical (unpaired) electrons. The van der Waals surface area contributed by atoms with Gasteiger partial charge in [-0.2, -0.15) is 0 Å². The van der Waals surface area contributed by atoms with E-state index in [1.807, 2.05) is 0 Å². The van der Waals surface area contributed by atoms with Gasteiger partial charge in [0, 0.05) is 8.80 Å². The third-order valence-electron chi connectivity index (χ3n) is 7.24. The van der Waals surface area contributed by atoms with E-state index in [0.717, 1.165) is 24.7 Å². The van der Waals surface area contributed by atoms with Crippen molar-refractivity contribution in [2.75, 3.05) is 6.86 Å². The second-order valence-electron chi connectivity index (χ2n) is 8.96. The van der Waals surface area contributed by atoms with Crippen LogP contribution in [-0.4, -0.2) is 15.7 Å². The van der Waals surface area contributed by atoms with E-state index in [4.69, 9.17) is 0 Å². The fourth-order valence-corrected chi connectivity index (χ4v) is 9.09. The summed E-state index contributed by atoms with van der Waals surface area (Å²) in [6.45, 7) is 1.06. The molecule has 0 N–H and O–H groups in total. The Hall–Kier alpha value is -0.973. The van der Waals surface area contributed by atoms with Gasteiger partial charge in [-0.25, -0.2) is 13.2 Å². The first-order chi connectivity index (χ1) is 13.6. The van der Waals surface area contributed by atoms with Crippen LogP contribution in [0.2, 0.25) is 18.1 Å². The molecule has 0 amide bonds. The van der Waals surface area contributed by atoms with E-state index in [2.05, 4.69) is 11.7 Å². The lowest BCUT2D eigenvalue weighted by Crippen LogP contribution is -2.28. The minimum absolute atomic E-state index is 0.208. The van der Waals surface area contributed by atoms with Crippen molar-refractivity contribution in [2.45, 2.75) is 88.8 Å². The summed E-state index contributed by atoms with van der Waals surface area (Å²) in [6, 6.07) is 7.28. The molecule has 5 heteroatoms. The molecule has 1 saturated carbocycles. The van der Waals surface area contributed by atoms with E-state index in [9.17, 15) is 13.2 Å². The number of hydrogen-bond donors (Lipinski definition) is 0. The Balaban J connectivity index is 1.47. The first-order valence-electron chi connectivity index (χ1n) is 11.3. The Morgan fingerprint density at radius 2 is 1.54 bits per heavy atom. The zero-order valence-electron chi connectivity index (χ0n) is 17.2. The van der Waals surface area contributed by atoms with Gasteiger partial charge in [-0.15, -0.1) is 0 Å². The molecule has 0 spiro atoms. The van der Waals surface area contributed by atoms with Gasteiger partial charge in [0.1, 0.15) is 0 Å². The van der Waals surface area contributed by atoms with Gasteiger partial charge in [0.05, 0.1) is 0 Å². The highest BCUT2D eigenvalue weighted by Crippen LogP contribution is 2.44. The summed E-state index contributed by atoms with van der Waals surface area (Å²) in [5.41, 5.74) is 0.701. The Morgan fingerprint density at radius 1 is 0.929 bits per heavy atom. The van der Waals surface area contributed by atoms with E-state index < -0.39 is 33.0 Å². The minimum Gasteiger partial charge on any atom is -0.457 e. The van der Waals surface area contributed by atoms with Crippen molar-refractivity contribution in [2.24, 2.45) is 11.8 Å². The second-order valence-corrected chi connectivity index (χ2v) is 12.4. The van der Waals surface area contributed by atoms with Gasteiger partial charge in [0.15, 0.2) is 17.4 Å². The Bertz CT molecular complexity index is 585. The molecule has 1 saturated heterocycles. The zero-order valence-corrected chi connectivity index (χ0v) is 18.4. The third-order valence-corrected chi connectivity index (χ3v) is 10.8. The Labute approximate surface area is 169 Å². The summed E-state index contributed by atoms with van der Waals surface area (Å²) in [4.78, 5) is 0. The van der Waals surface area contributed by atoms with E-state index in [1.54, 1.807) is 6.04 Å². The van der Waals surface area contributed by atoms with Gasteiger partial charge in [0.2, 0.25) is 6.86 Å². The lowest BCUT2D eigenvalue weighted by molar-refractivity contribution is 0.176. The molecule has 0 atom stereocenters. The number of benzene rings is 1. The normalized spacial score (nSPS) is 28.3. The molecule has 1 aliphatic carbocycles. The van der Waals surface area contributed by atoms with Crippen LogP contribution in [0.25, 0.3) is 0 Å². The van der Waals surface area contributed by atoms with Crippen LogP contribution in [-0.2, 0) is 0 Å². The van der Waals surface area contributed by atoms with Crippen molar-refractivity contribution < 1.29 is 17.9 Å². The van der Waals surface area contributed by atoms with Crippen molar-refractivity contribution in [1.29, 1.82) is 0 Å². The molecule has 0 unspecified atom stereocenters. The number of rotatable bonds is 8. The molecular weight excluding hydrogens is 377 g/mol. The molecule has 1 nitrogen and oxygen atoms in total. The quantitative estimate of drug-likeness (QED) is 0.320. The zero-order chi connectivity index (χ0) is 19.9. The summed E-state index contributed by atoms with van der Waals surface area (Å²) in [5, 5.41) is 0. The predicted octanol–water partition coefficient (Wildman–Crippen LogP) is 7.37. The van der Waals surface area contributed by atoms with E-state index >= 15 is 0 Å². The van der Waals surface area contributed by atoms with Gasteiger partial charge in [-0.3, -0.25) is 0 Å². The summed E-state index contributed by atoms with van der Waals surface area (Å²) in [5.74, 6) is -0.295. The van der Waals surface area contributed by atoms with Gasteiger partial charge >= 0.3 is 0 Å². The monoisotopic (exact) mass is 412 g/mol. The molecule has 0 aromatic heterocycles. The highest BCUT2D eigenvalue weighted by molar-refractivity contribution is 6.58. The SMILES string of the molecule is CCCCC[Si@H]1CC[C@H]([C@H]2CC[C@H](c3cc(F)c(OCF)c(F)c3)CC2)CC1. The lowest BCUT2D eigenvalue weighted by atomic mass is 9.72.